The fourth-order valence-corrected chi connectivity index (χ4v) is 4.74. The first-order chi connectivity index (χ1) is 16.3. The zero-order valence-electron chi connectivity index (χ0n) is 20.1. The number of amides is 2. The van der Waals surface area contributed by atoms with Crippen LogP contribution >= 0.6 is 11.8 Å². The van der Waals surface area contributed by atoms with Gasteiger partial charge in [-0.05, 0) is 31.4 Å². The van der Waals surface area contributed by atoms with Crippen LogP contribution in [-0.2, 0) is 4.79 Å². The van der Waals surface area contributed by atoms with Gasteiger partial charge in [0, 0.05) is 13.7 Å². The zero-order chi connectivity index (χ0) is 24.6. The second kappa shape index (κ2) is 12.1. The third kappa shape index (κ3) is 6.68. The fraction of sp³-hybridized carbons (Fsp3) is 0.560. The van der Waals surface area contributed by atoms with Crippen LogP contribution in [0.5, 0.6) is 0 Å². The van der Waals surface area contributed by atoms with Gasteiger partial charge in [-0.1, -0.05) is 82.8 Å². The molecule has 0 saturated heterocycles. The minimum Gasteiger partial charge on any atom is -0.408 e. The van der Waals surface area contributed by atoms with Crippen molar-refractivity contribution in [3.05, 3.63) is 41.8 Å². The summed E-state index contributed by atoms with van der Waals surface area (Å²) in [6, 6.07) is 8.07. The Labute approximate surface area is 208 Å². The van der Waals surface area contributed by atoms with E-state index in [0.717, 1.165) is 32.1 Å². The average molecular weight is 491 g/mol. The van der Waals surface area contributed by atoms with E-state index in [0.29, 0.717) is 30.0 Å². The Bertz CT molecular complexity index is 981. The molecule has 0 spiro atoms. The topological polar surface area (TPSA) is 114 Å². The molecule has 1 fully saturated rings. The maximum atomic E-state index is 13.6. The SMILES string of the molecule is CCCC[C@H](NC(=O)C1(NC(=O)c2ccccc2)CCCCC1)C(=O)c1nnc(SC(C)C)o1.[HH].[HH]. The molecule has 1 atom stereocenters. The van der Waals surface area contributed by atoms with Gasteiger partial charge in [0.15, 0.2) is 0 Å². The summed E-state index contributed by atoms with van der Waals surface area (Å²) in [7, 11) is 0. The van der Waals surface area contributed by atoms with Gasteiger partial charge in [0.25, 0.3) is 17.0 Å². The highest BCUT2D eigenvalue weighted by Crippen LogP contribution is 2.30. The van der Waals surface area contributed by atoms with Gasteiger partial charge in [-0.3, -0.25) is 14.4 Å². The zero-order valence-corrected chi connectivity index (χ0v) is 21.0. The van der Waals surface area contributed by atoms with Crippen LogP contribution in [0.3, 0.4) is 0 Å². The number of Topliss-reactive ketones (excluding diaryl/α,β-unsaturated/α-hetero) is 1. The molecule has 0 unspecified atom stereocenters. The Kier molecular flexibility index (Phi) is 9.27. The highest BCUT2D eigenvalue weighted by molar-refractivity contribution is 7.99. The first-order valence-electron chi connectivity index (χ1n) is 12.1. The van der Waals surface area contributed by atoms with E-state index >= 15 is 0 Å². The lowest BCUT2D eigenvalue weighted by Gasteiger charge is -2.37. The van der Waals surface area contributed by atoms with Crippen molar-refractivity contribution < 1.29 is 21.7 Å². The van der Waals surface area contributed by atoms with Crippen molar-refractivity contribution in [1.29, 1.82) is 0 Å². The second-order valence-electron chi connectivity index (χ2n) is 9.04. The van der Waals surface area contributed by atoms with Crippen LogP contribution in [0.2, 0.25) is 0 Å². The molecule has 0 bridgehead atoms. The average Bonchev–Trinajstić information content (AvgIpc) is 3.30. The molecule has 1 saturated carbocycles. The van der Waals surface area contributed by atoms with Gasteiger partial charge in [-0.15, -0.1) is 10.2 Å². The number of aromatic nitrogens is 2. The maximum absolute atomic E-state index is 13.6. The lowest BCUT2D eigenvalue weighted by atomic mass is 9.80. The van der Waals surface area contributed by atoms with E-state index in [1.807, 2.05) is 26.8 Å². The van der Waals surface area contributed by atoms with E-state index in [1.165, 1.54) is 11.8 Å². The summed E-state index contributed by atoms with van der Waals surface area (Å²) in [5.41, 5.74) is -0.552. The molecule has 0 aliphatic heterocycles. The quantitative estimate of drug-likeness (QED) is 0.334. The van der Waals surface area contributed by atoms with Crippen molar-refractivity contribution in [2.24, 2.45) is 0 Å². The van der Waals surface area contributed by atoms with Gasteiger partial charge in [-0.25, -0.2) is 0 Å². The number of thioether (sulfide) groups is 1. The van der Waals surface area contributed by atoms with Gasteiger partial charge in [-0.2, -0.15) is 0 Å². The Hall–Kier alpha value is -2.68. The number of nitrogens with zero attached hydrogens (tertiary/aromatic N) is 2. The van der Waals surface area contributed by atoms with Gasteiger partial charge >= 0.3 is 0 Å². The van der Waals surface area contributed by atoms with Crippen LogP contribution in [-0.4, -0.2) is 44.6 Å². The molecule has 3 rings (SSSR count). The molecule has 1 aliphatic carbocycles. The standard InChI is InChI=1S/C25H34N4O4S.2H2/c1-4-5-14-19(20(30)22-28-29-24(33-22)34-17(2)3)26-23(32)25(15-10-7-11-16-25)27-21(31)18-12-8-6-9-13-18;;/h6,8-9,12-13,17,19H,4-5,7,10-11,14-16H2,1-3H3,(H,26,32)(H,27,31);2*1H/t19-;;/m0../s1. The minimum atomic E-state index is -1.05. The van der Waals surface area contributed by atoms with Crippen LogP contribution in [0.1, 0.15) is 96.0 Å². The van der Waals surface area contributed by atoms with Crippen LogP contribution in [0.15, 0.2) is 40.0 Å². The Balaban J connectivity index is 0.00000324. The van der Waals surface area contributed by atoms with Crippen molar-refractivity contribution in [2.45, 2.75) is 94.2 Å². The van der Waals surface area contributed by atoms with E-state index in [-0.39, 0.29) is 25.8 Å². The Morgan fingerprint density at radius 2 is 1.82 bits per heavy atom. The number of hydrogen-bond acceptors (Lipinski definition) is 7. The summed E-state index contributed by atoms with van der Waals surface area (Å²) in [6.07, 6.45) is 5.80. The highest BCUT2D eigenvalue weighted by atomic mass is 32.2. The highest BCUT2D eigenvalue weighted by Gasteiger charge is 2.42. The smallest absolute Gasteiger partial charge is 0.286 e. The predicted molar refractivity (Wildman–Crippen MR) is 135 cm³/mol. The van der Waals surface area contributed by atoms with Crippen LogP contribution in [0.25, 0.3) is 0 Å². The minimum absolute atomic E-state index is 0. The number of carbonyl (C=O) groups is 3. The number of benzene rings is 1. The van der Waals surface area contributed by atoms with Gasteiger partial charge in [0.1, 0.15) is 5.54 Å². The molecule has 0 radical (unpaired) electrons. The van der Waals surface area contributed by atoms with Crippen molar-refractivity contribution in [3.8, 4) is 0 Å². The molecule has 1 aromatic carbocycles. The normalized spacial score (nSPS) is 16.1. The van der Waals surface area contributed by atoms with E-state index < -0.39 is 17.4 Å². The lowest BCUT2D eigenvalue weighted by Crippen LogP contribution is -2.62. The van der Waals surface area contributed by atoms with E-state index in [2.05, 4.69) is 20.8 Å². The second-order valence-corrected chi connectivity index (χ2v) is 10.6. The molecule has 2 amide bonds. The first kappa shape index (κ1) is 25.9. The summed E-state index contributed by atoms with van der Waals surface area (Å²) in [6.45, 7) is 6.01. The Morgan fingerprint density at radius 3 is 2.47 bits per heavy atom. The summed E-state index contributed by atoms with van der Waals surface area (Å²) < 4.78 is 5.56. The summed E-state index contributed by atoms with van der Waals surface area (Å²) in [4.78, 5) is 39.7. The molecular formula is C25H38N4O4S. The molecule has 8 nitrogen and oxygen atoms in total. The summed E-state index contributed by atoms with van der Waals surface area (Å²) >= 11 is 1.38. The van der Waals surface area contributed by atoms with Crippen molar-refractivity contribution in [1.82, 2.24) is 20.8 Å². The number of rotatable bonds is 11. The first-order valence-corrected chi connectivity index (χ1v) is 13.0. The lowest BCUT2D eigenvalue weighted by molar-refractivity contribution is -0.129. The van der Waals surface area contributed by atoms with Gasteiger partial charge < -0.3 is 15.1 Å². The van der Waals surface area contributed by atoms with Gasteiger partial charge in [0.2, 0.25) is 11.7 Å². The third-order valence-corrected chi connectivity index (χ3v) is 6.79. The maximum Gasteiger partial charge on any atom is 0.286 e. The van der Waals surface area contributed by atoms with E-state index in [1.54, 1.807) is 24.3 Å². The van der Waals surface area contributed by atoms with Crippen molar-refractivity contribution in [2.75, 3.05) is 0 Å². The van der Waals surface area contributed by atoms with Crippen LogP contribution in [0, 0.1) is 0 Å². The fourth-order valence-electron chi connectivity index (χ4n) is 4.12. The van der Waals surface area contributed by atoms with Gasteiger partial charge in [0.05, 0.1) is 6.04 Å². The largest absolute Gasteiger partial charge is 0.408 e. The molecule has 1 heterocycles. The summed E-state index contributed by atoms with van der Waals surface area (Å²) in [5, 5.41) is 14.4. The molecule has 2 aromatic rings. The van der Waals surface area contributed by atoms with E-state index in [4.69, 9.17) is 4.42 Å². The number of nitrogens with one attached hydrogen (secondary N) is 2. The molecule has 1 aromatic heterocycles. The van der Waals surface area contributed by atoms with Crippen molar-refractivity contribution in [3.63, 3.8) is 0 Å². The molecule has 1 aliphatic rings. The van der Waals surface area contributed by atoms with Crippen LogP contribution < -0.4 is 10.6 Å². The molecule has 34 heavy (non-hydrogen) atoms. The molecule has 188 valence electrons. The van der Waals surface area contributed by atoms with Crippen molar-refractivity contribution >= 4 is 29.4 Å². The number of unbranched alkanes of at least 4 members (excludes halogenated alkanes) is 1. The Morgan fingerprint density at radius 1 is 1.12 bits per heavy atom. The monoisotopic (exact) mass is 490 g/mol. The molecule has 2 N–H and O–H groups in total. The number of carbonyl (C=O) groups excluding carboxylic acids is 3. The molecule has 9 heteroatoms. The van der Waals surface area contributed by atoms with Crippen LogP contribution in [0.4, 0.5) is 0 Å². The molecular weight excluding hydrogens is 452 g/mol. The summed E-state index contributed by atoms with van der Waals surface area (Å²) in [5.74, 6) is -1.12. The number of hydrogen-bond donors (Lipinski definition) is 2. The van der Waals surface area contributed by atoms with E-state index in [9.17, 15) is 14.4 Å². The third-order valence-electron chi connectivity index (χ3n) is 5.95. The predicted octanol–water partition coefficient (Wildman–Crippen LogP) is 5.05. The number of ketones is 1.